The van der Waals surface area contributed by atoms with E-state index in [0.717, 1.165) is 24.3 Å². The molecule has 1 aromatic carbocycles. The van der Waals surface area contributed by atoms with Crippen molar-refractivity contribution in [3.63, 3.8) is 0 Å². The number of amides is 1. The maximum absolute atomic E-state index is 12.2. The molecule has 2 aromatic rings. The summed E-state index contributed by atoms with van der Waals surface area (Å²) < 4.78 is 16.1. The van der Waals surface area contributed by atoms with Crippen LogP contribution in [-0.2, 0) is 25.4 Å². The van der Waals surface area contributed by atoms with Crippen LogP contribution in [0.2, 0.25) is 0 Å². The van der Waals surface area contributed by atoms with Crippen LogP contribution in [0.3, 0.4) is 0 Å². The molecule has 1 aliphatic rings. The van der Waals surface area contributed by atoms with Crippen molar-refractivity contribution >= 4 is 29.4 Å². The average molecular weight is 501 g/mol. The highest BCUT2D eigenvalue weighted by Crippen LogP contribution is 2.19. The molecule has 1 amide bonds. The number of carbonyl (C=O) groups excluding carboxylic acids is 1. The van der Waals surface area contributed by atoms with Crippen LogP contribution in [0.15, 0.2) is 36.9 Å². The van der Waals surface area contributed by atoms with Gasteiger partial charge in [0.05, 0.1) is 46.1 Å². The molecule has 0 bridgehead atoms. The quantitative estimate of drug-likeness (QED) is 0.191. The first-order valence-electron chi connectivity index (χ1n) is 12.1. The van der Waals surface area contributed by atoms with Gasteiger partial charge in [0.25, 0.3) is 0 Å². The van der Waals surface area contributed by atoms with E-state index in [-0.39, 0.29) is 12.3 Å². The van der Waals surface area contributed by atoms with Crippen molar-refractivity contribution < 1.29 is 19.0 Å². The number of anilines is 4. The number of aromatic nitrogens is 3. The van der Waals surface area contributed by atoms with Crippen molar-refractivity contribution in [3.8, 4) is 0 Å². The molecule has 12 heteroatoms. The number of carbonyl (C=O) groups is 1. The highest BCUT2D eigenvalue weighted by molar-refractivity contribution is 5.78. The second-order valence-electron chi connectivity index (χ2n) is 7.91. The Balaban J connectivity index is 1.49. The minimum atomic E-state index is -0.0655. The van der Waals surface area contributed by atoms with Crippen molar-refractivity contribution in [3.05, 3.63) is 42.5 Å². The molecule has 0 saturated carbocycles. The van der Waals surface area contributed by atoms with Gasteiger partial charge in [-0.2, -0.15) is 15.0 Å². The summed E-state index contributed by atoms with van der Waals surface area (Å²) in [4.78, 5) is 27.8. The molecule has 0 atom stereocenters. The summed E-state index contributed by atoms with van der Waals surface area (Å²) in [5, 5.41) is 9.20. The molecule has 196 valence electrons. The van der Waals surface area contributed by atoms with Gasteiger partial charge < -0.3 is 40.8 Å². The van der Waals surface area contributed by atoms with Crippen LogP contribution in [0.1, 0.15) is 5.56 Å². The second-order valence-corrected chi connectivity index (χ2v) is 7.91. The Labute approximate surface area is 211 Å². The summed E-state index contributed by atoms with van der Waals surface area (Å²) in [6, 6.07) is 7.58. The zero-order valence-corrected chi connectivity index (χ0v) is 20.6. The molecule has 2 heterocycles. The minimum absolute atomic E-state index is 0.0655. The molecule has 36 heavy (non-hydrogen) atoms. The molecule has 1 aliphatic heterocycles. The predicted molar refractivity (Wildman–Crippen MR) is 139 cm³/mol. The molecular weight excluding hydrogens is 464 g/mol. The summed E-state index contributed by atoms with van der Waals surface area (Å²) in [7, 11) is 0. The van der Waals surface area contributed by atoms with Crippen molar-refractivity contribution in [1.29, 1.82) is 0 Å². The van der Waals surface area contributed by atoms with Crippen molar-refractivity contribution in [2.45, 2.75) is 6.42 Å². The van der Waals surface area contributed by atoms with Crippen LogP contribution >= 0.6 is 0 Å². The van der Waals surface area contributed by atoms with Crippen LogP contribution in [0.4, 0.5) is 23.5 Å². The molecule has 1 aromatic heterocycles. The zero-order valence-electron chi connectivity index (χ0n) is 20.6. The van der Waals surface area contributed by atoms with Gasteiger partial charge in [0.2, 0.25) is 23.8 Å². The Bertz CT molecular complexity index is 938. The Hall–Kier alpha value is -3.32. The average Bonchev–Trinajstić information content (AvgIpc) is 2.90. The summed E-state index contributed by atoms with van der Waals surface area (Å²) >= 11 is 0. The van der Waals surface area contributed by atoms with Crippen molar-refractivity contribution in [2.75, 3.05) is 87.9 Å². The van der Waals surface area contributed by atoms with E-state index in [1.807, 2.05) is 24.3 Å². The fourth-order valence-electron chi connectivity index (χ4n) is 3.32. The summed E-state index contributed by atoms with van der Waals surface area (Å²) in [5.41, 5.74) is 7.05. The summed E-state index contributed by atoms with van der Waals surface area (Å²) in [5.74, 6) is 1.41. The lowest BCUT2D eigenvalue weighted by molar-refractivity contribution is -0.120. The van der Waals surface area contributed by atoms with Crippen LogP contribution < -0.4 is 26.6 Å². The molecule has 0 radical (unpaired) electrons. The van der Waals surface area contributed by atoms with Crippen molar-refractivity contribution in [2.24, 2.45) is 5.73 Å². The lowest BCUT2D eigenvalue weighted by Crippen LogP contribution is -2.37. The Morgan fingerprint density at radius 3 is 2.50 bits per heavy atom. The Morgan fingerprint density at radius 1 is 1.06 bits per heavy atom. The molecule has 0 spiro atoms. The van der Waals surface area contributed by atoms with E-state index in [1.54, 1.807) is 6.08 Å². The second kappa shape index (κ2) is 15.6. The molecule has 0 unspecified atom stereocenters. The van der Waals surface area contributed by atoms with E-state index in [4.69, 9.17) is 19.9 Å². The van der Waals surface area contributed by atoms with Gasteiger partial charge in [-0.25, -0.2) is 0 Å². The first-order valence-corrected chi connectivity index (χ1v) is 12.1. The molecule has 0 aliphatic carbocycles. The van der Waals surface area contributed by atoms with Gasteiger partial charge in [-0.1, -0.05) is 18.2 Å². The van der Waals surface area contributed by atoms with Gasteiger partial charge in [-0.15, -0.1) is 6.58 Å². The number of morpholine rings is 1. The SMILES string of the molecule is C=CCNc1nc(Nc2ccc(CC(=O)NCCOCCOCCN)cc2)nc(N2CCOCC2)n1. The van der Waals surface area contributed by atoms with Gasteiger partial charge in [-0.3, -0.25) is 4.79 Å². The number of nitrogens with zero attached hydrogens (tertiary/aromatic N) is 4. The lowest BCUT2D eigenvalue weighted by Gasteiger charge is -2.27. The number of hydrogen-bond donors (Lipinski definition) is 4. The largest absolute Gasteiger partial charge is 0.378 e. The van der Waals surface area contributed by atoms with E-state index in [2.05, 4.69) is 42.4 Å². The molecule has 5 N–H and O–H groups in total. The number of rotatable bonds is 16. The monoisotopic (exact) mass is 500 g/mol. The zero-order chi connectivity index (χ0) is 25.4. The van der Waals surface area contributed by atoms with E-state index in [1.165, 1.54) is 0 Å². The summed E-state index contributed by atoms with van der Waals surface area (Å²) in [6.45, 7) is 9.84. The molecular formula is C24H36N8O4. The number of ether oxygens (including phenoxy) is 3. The van der Waals surface area contributed by atoms with E-state index >= 15 is 0 Å². The van der Waals surface area contributed by atoms with Gasteiger partial charge in [0.15, 0.2) is 0 Å². The maximum Gasteiger partial charge on any atom is 0.233 e. The van der Waals surface area contributed by atoms with Gasteiger partial charge in [0.1, 0.15) is 0 Å². The Kier molecular flexibility index (Phi) is 11.8. The first-order chi connectivity index (χ1) is 17.7. The van der Waals surface area contributed by atoms with Gasteiger partial charge in [0, 0.05) is 38.4 Å². The van der Waals surface area contributed by atoms with Gasteiger partial charge >= 0.3 is 0 Å². The Morgan fingerprint density at radius 2 is 1.78 bits per heavy atom. The van der Waals surface area contributed by atoms with Crippen molar-refractivity contribution in [1.82, 2.24) is 20.3 Å². The third kappa shape index (κ3) is 9.74. The van der Waals surface area contributed by atoms with E-state index in [9.17, 15) is 4.79 Å². The summed E-state index contributed by atoms with van der Waals surface area (Å²) in [6.07, 6.45) is 2.02. The fourth-order valence-corrected chi connectivity index (χ4v) is 3.32. The van der Waals surface area contributed by atoms with Crippen LogP contribution in [-0.4, -0.2) is 93.2 Å². The third-order valence-electron chi connectivity index (χ3n) is 5.10. The molecule has 12 nitrogen and oxygen atoms in total. The van der Waals surface area contributed by atoms with Crippen LogP contribution in [0.25, 0.3) is 0 Å². The normalized spacial score (nSPS) is 13.3. The number of benzene rings is 1. The lowest BCUT2D eigenvalue weighted by atomic mass is 10.1. The number of nitrogens with two attached hydrogens (primary N) is 1. The minimum Gasteiger partial charge on any atom is -0.378 e. The highest BCUT2D eigenvalue weighted by Gasteiger charge is 2.16. The van der Waals surface area contributed by atoms with Crippen LogP contribution in [0.5, 0.6) is 0 Å². The van der Waals surface area contributed by atoms with E-state index in [0.29, 0.717) is 77.1 Å². The number of nitrogens with one attached hydrogen (secondary N) is 3. The third-order valence-corrected chi connectivity index (χ3v) is 5.10. The smallest absolute Gasteiger partial charge is 0.233 e. The number of hydrogen-bond acceptors (Lipinski definition) is 11. The fraction of sp³-hybridized carbons (Fsp3) is 0.500. The van der Waals surface area contributed by atoms with Crippen LogP contribution in [0, 0.1) is 0 Å². The maximum atomic E-state index is 12.2. The van der Waals surface area contributed by atoms with Gasteiger partial charge in [-0.05, 0) is 17.7 Å². The standard InChI is InChI=1S/C24H36N8O4/c1-2-8-27-22-29-23(31-24(30-22)32-10-14-36-15-11-32)28-20-5-3-19(4-6-20)18-21(33)26-9-13-35-17-16-34-12-7-25/h2-6H,1,7-18,25H2,(H,26,33)(H2,27,28,29,30,31). The molecule has 1 fully saturated rings. The van der Waals surface area contributed by atoms with E-state index < -0.39 is 0 Å². The molecule has 3 rings (SSSR count). The predicted octanol–water partition coefficient (Wildman–Crippen LogP) is 0.700. The first kappa shape index (κ1) is 27.3. The topological polar surface area (TPSA) is 149 Å². The highest BCUT2D eigenvalue weighted by atomic mass is 16.5. The molecule has 1 saturated heterocycles.